The van der Waals surface area contributed by atoms with E-state index in [1.54, 1.807) is 0 Å². The van der Waals surface area contributed by atoms with Gasteiger partial charge in [0.15, 0.2) is 5.89 Å². The molecule has 1 saturated heterocycles. The second kappa shape index (κ2) is 7.23. The van der Waals surface area contributed by atoms with Gasteiger partial charge in [0.05, 0.1) is 5.69 Å². The van der Waals surface area contributed by atoms with Gasteiger partial charge < -0.3 is 9.32 Å². The van der Waals surface area contributed by atoms with Crippen LogP contribution in [0.4, 0.5) is 0 Å². The molecular weight excluding hydrogens is 326 g/mol. The number of nitrogens with zero attached hydrogens (tertiary/aromatic N) is 3. The van der Waals surface area contributed by atoms with Crippen LogP contribution in [0.2, 0.25) is 0 Å². The quantitative estimate of drug-likeness (QED) is 0.851. The molecule has 4 rings (SSSR count). The number of aromatic nitrogens is 1. The molecule has 0 unspecified atom stereocenters. The van der Waals surface area contributed by atoms with Crippen molar-refractivity contribution < 1.29 is 9.21 Å². The molecule has 1 aliphatic heterocycles. The number of benzene rings is 1. The van der Waals surface area contributed by atoms with Crippen molar-refractivity contribution in [2.45, 2.75) is 45.6 Å². The minimum Gasteiger partial charge on any atom is -0.435 e. The maximum absolute atomic E-state index is 12.9. The van der Waals surface area contributed by atoms with Crippen LogP contribution in [0.1, 0.15) is 46.6 Å². The molecule has 1 fully saturated rings. The fraction of sp³-hybridized carbons (Fsp3) is 0.524. The normalized spacial score (nSPS) is 18.8. The number of rotatable bonds is 3. The third-order valence-electron chi connectivity index (χ3n) is 5.70. The van der Waals surface area contributed by atoms with Gasteiger partial charge in [0.25, 0.3) is 5.91 Å². The van der Waals surface area contributed by atoms with Crippen molar-refractivity contribution in [2.75, 3.05) is 26.2 Å². The molecule has 138 valence electrons. The average Bonchev–Trinajstić information content (AvgIpc) is 3.16. The third-order valence-corrected chi connectivity index (χ3v) is 5.70. The summed E-state index contributed by atoms with van der Waals surface area (Å²) in [7, 11) is 0. The summed E-state index contributed by atoms with van der Waals surface area (Å²) in [6.45, 7) is 7.37. The van der Waals surface area contributed by atoms with Crippen molar-refractivity contribution in [3.8, 4) is 0 Å². The molecule has 2 aliphatic rings. The first kappa shape index (κ1) is 17.3. The number of carbonyl (C=O) groups excluding carboxylic acids is 1. The minimum absolute atomic E-state index is 0.00809. The number of hydrogen-bond acceptors (Lipinski definition) is 4. The third kappa shape index (κ3) is 3.28. The van der Waals surface area contributed by atoms with Crippen LogP contribution in [0.15, 0.2) is 28.7 Å². The first-order chi connectivity index (χ1) is 12.7. The minimum atomic E-state index is -0.00809. The van der Waals surface area contributed by atoms with Gasteiger partial charge in [-0.15, -0.1) is 0 Å². The Bertz CT molecular complexity index is 773. The Hall–Kier alpha value is -2.14. The van der Waals surface area contributed by atoms with Crippen LogP contribution in [0.25, 0.3) is 0 Å². The van der Waals surface area contributed by atoms with Gasteiger partial charge in [0.1, 0.15) is 0 Å². The Morgan fingerprint density at radius 3 is 2.54 bits per heavy atom. The average molecular weight is 353 g/mol. The zero-order valence-corrected chi connectivity index (χ0v) is 15.7. The largest absolute Gasteiger partial charge is 0.435 e. The maximum atomic E-state index is 12.9. The second-order valence-electron chi connectivity index (χ2n) is 7.39. The molecule has 0 spiro atoms. The van der Waals surface area contributed by atoms with Gasteiger partial charge in [0, 0.05) is 38.6 Å². The van der Waals surface area contributed by atoms with E-state index in [9.17, 15) is 4.79 Å². The molecule has 2 heterocycles. The summed E-state index contributed by atoms with van der Waals surface area (Å²) >= 11 is 0. The van der Waals surface area contributed by atoms with Crippen molar-refractivity contribution in [1.82, 2.24) is 14.8 Å². The van der Waals surface area contributed by atoms with E-state index in [-0.39, 0.29) is 5.91 Å². The summed E-state index contributed by atoms with van der Waals surface area (Å²) in [5.74, 6) is 1.06. The van der Waals surface area contributed by atoms with Gasteiger partial charge in [0.2, 0.25) is 5.76 Å². The van der Waals surface area contributed by atoms with E-state index in [1.165, 1.54) is 11.1 Å². The fourth-order valence-electron chi connectivity index (χ4n) is 4.25. The smallest absolute Gasteiger partial charge is 0.291 e. The highest BCUT2D eigenvalue weighted by Gasteiger charge is 2.30. The van der Waals surface area contributed by atoms with E-state index in [0.717, 1.165) is 45.4 Å². The van der Waals surface area contributed by atoms with Gasteiger partial charge in [-0.05, 0) is 37.3 Å². The van der Waals surface area contributed by atoms with Gasteiger partial charge in [-0.25, -0.2) is 4.98 Å². The van der Waals surface area contributed by atoms with E-state index in [2.05, 4.69) is 34.1 Å². The molecule has 5 heteroatoms. The van der Waals surface area contributed by atoms with Crippen LogP contribution in [-0.4, -0.2) is 52.9 Å². The molecule has 26 heavy (non-hydrogen) atoms. The summed E-state index contributed by atoms with van der Waals surface area (Å²) < 4.78 is 5.67. The summed E-state index contributed by atoms with van der Waals surface area (Å²) in [5, 5.41) is 0. The molecule has 0 radical (unpaired) electrons. The highest BCUT2D eigenvalue weighted by atomic mass is 16.4. The molecule has 0 atom stereocenters. The zero-order valence-electron chi connectivity index (χ0n) is 15.7. The molecule has 0 N–H and O–H groups in total. The number of aryl methyl sites for hydroxylation is 2. The van der Waals surface area contributed by atoms with Crippen LogP contribution in [0.5, 0.6) is 0 Å². The predicted octanol–water partition coefficient (Wildman–Crippen LogP) is 2.86. The number of fused-ring (bicyclic) bond motifs is 1. The maximum Gasteiger partial charge on any atom is 0.291 e. The van der Waals surface area contributed by atoms with Gasteiger partial charge in [-0.2, -0.15) is 0 Å². The van der Waals surface area contributed by atoms with Crippen molar-refractivity contribution in [3.63, 3.8) is 0 Å². The van der Waals surface area contributed by atoms with E-state index in [1.807, 2.05) is 18.7 Å². The SMILES string of the molecule is CCc1nc(C)c(C(=O)N2CCCN(C3Cc4ccccc4C3)CC2)o1. The standard InChI is InChI=1S/C21H27N3O2/c1-3-19-22-15(2)20(26-19)21(25)24-10-6-9-23(11-12-24)18-13-16-7-4-5-8-17(16)14-18/h4-5,7-8,18H,3,6,9-14H2,1-2H3. The Morgan fingerprint density at radius 2 is 1.88 bits per heavy atom. The van der Waals surface area contributed by atoms with Gasteiger partial charge in [-0.3, -0.25) is 9.69 Å². The summed E-state index contributed by atoms with van der Waals surface area (Å²) in [5.41, 5.74) is 3.68. The Morgan fingerprint density at radius 1 is 1.15 bits per heavy atom. The second-order valence-corrected chi connectivity index (χ2v) is 7.39. The highest BCUT2D eigenvalue weighted by Crippen LogP contribution is 2.26. The molecular formula is C21H27N3O2. The van der Waals surface area contributed by atoms with Crippen molar-refractivity contribution in [3.05, 3.63) is 52.7 Å². The lowest BCUT2D eigenvalue weighted by Crippen LogP contribution is -2.40. The Balaban J connectivity index is 1.41. The molecule has 1 aliphatic carbocycles. The number of oxazole rings is 1. The highest BCUT2D eigenvalue weighted by molar-refractivity contribution is 5.92. The van der Waals surface area contributed by atoms with Crippen LogP contribution in [0.3, 0.4) is 0 Å². The lowest BCUT2D eigenvalue weighted by Gasteiger charge is -2.27. The lowest BCUT2D eigenvalue weighted by molar-refractivity contribution is 0.0723. The van der Waals surface area contributed by atoms with E-state index >= 15 is 0 Å². The number of carbonyl (C=O) groups is 1. The van der Waals surface area contributed by atoms with Gasteiger partial charge >= 0.3 is 0 Å². The van der Waals surface area contributed by atoms with Crippen molar-refractivity contribution >= 4 is 5.91 Å². The summed E-state index contributed by atoms with van der Waals surface area (Å²) in [6.07, 6.45) is 3.98. The Kier molecular flexibility index (Phi) is 4.81. The molecule has 0 saturated carbocycles. The first-order valence-electron chi connectivity index (χ1n) is 9.72. The van der Waals surface area contributed by atoms with Crippen LogP contribution >= 0.6 is 0 Å². The molecule has 5 nitrogen and oxygen atoms in total. The van der Waals surface area contributed by atoms with E-state index in [0.29, 0.717) is 29.8 Å². The molecule has 1 amide bonds. The molecule has 2 aromatic rings. The van der Waals surface area contributed by atoms with E-state index < -0.39 is 0 Å². The fourth-order valence-corrected chi connectivity index (χ4v) is 4.25. The molecule has 1 aromatic heterocycles. The predicted molar refractivity (Wildman–Crippen MR) is 100 cm³/mol. The zero-order chi connectivity index (χ0) is 18.1. The lowest BCUT2D eigenvalue weighted by atomic mass is 10.1. The van der Waals surface area contributed by atoms with Crippen LogP contribution < -0.4 is 0 Å². The van der Waals surface area contributed by atoms with Crippen molar-refractivity contribution in [2.24, 2.45) is 0 Å². The first-order valence-corrected chi connectivity index (χ1v) is 9.72. The van der Waals surface area contributed by atoms with Gasteiger partial charge in [-0.1, -0.05) is 31.2 Å². The summed E-state index contributed by atoms with van der Waals surface area (Å²) in [6, 6.07) is 9.34. The monoisotopic (exact) mass is 353 g/mol. The number of amides is 1. The van der Waals surface area contributed by atoms with Crippen molar-refractivity contribution in [1.29, 1.82) is 0 Å². The Labute approximate surface area is 155 Å². The van der Waals surface area contributed by atoms with E-state index in [4.69, 9.17) is 4.42 Å². The molecule has 0 bridgehead atoms. The van der Waals surface area contributed by atoms with Crippen LogP contribution in [0, 0.1) is 6.92 Å². The topological polar surface area (TPSA) is 49.6 Å². The summed E-state index contributed by atoms with van der Waals surface area (Å²) in [4.78, 5) is 21.7. The molecule has 1 aromatic carbocycles. The number of hydrogen-bond donors (Lipinski definition) is 0. The van der Waals surface area contributed by atoms with Crippen LogP contribution in [-0.2, 0) is 19.3 Å².